The monoisotopic (exact) mass is 151 g/mol. The van der Waals surface area contributed by atoms with Crippen LogP contribution in [-0.4, -0.2) is 5.11 Å². The lowest BCUT2D eigenvalue weighted by Crippen LogP contribution is -1.83. The zero-order chi connectivity index (χ0) is 8.10. The molecule has 0 fully saturated rings. The van der Waals surface area contributed by atoms with Gasteiger partial charge in [0.15, 0.2) is 0 Å². The molecular weight excluding hydrogens is 142 g/mol. The van der Waals surface area contributed by atoms with Gasteiger partial charge in [-0.1, -0.05) is 23.4 Å². The van der Waals surface area contributed by atoms with Crippen molar-refractivity contribution in [3.8, 4) is 0 Å². The number of rotatable bonds is 2. The SMILES string of the molecule is NN=Nc1ccccc1CO. The molecular formula is C7H9N3O. The van der Waals surface area contributed by atoms with Crippen LogP contribution in [0.25, 0.3) is 0 Å². The van der Waals surface area contributed by atoms with E-state index in [1.165, 1.54) is 0 Å². The summed E-state index contributed by atoms with van der Waals surface area (Å²) in [5.74, 6) is 4.86. The lowest BCUT2D eigenvalue weighted by atomic mass is 10.2. The molecule has 0 aromatic heterocycles. The van der Waals surface area contributed by atoms with E-state index < -0.39 is 0 Å². The summed E-state index contributed by atoms with van der Waals surface area (Å²) in [6, 6.07) is 7.14. The molecule has 3 N–H and O–H groups in total. The minimum absolute atomic E-state index is 0.0464. The smallest absolute Gasteiger partial charge is 0.0929 e. The molecule has 1 aromatic rings. The van der Waals surface area contributed by atoms with Gasteiger partial charge in [0.05, 0.1) is 12.3 Å². The Kier molecular flexibility index (Phi) is 2.57. The van der Waals surface area contributed by atoms with Gasteiger partial charge in [0.1, 0.15) is 0 Å². The number of hydrogen-bond acceptors (Lipinski definition) is 3. The van der Waals surface area contributed by atoms with Crippen LogP contribution in [0.3, 0.4) is 0 Å². The maximum Gasteiger partial charge on any atom is 0.0929 e. The van der Waals surface area contributed by atoms with Gasteiger partial charge in [-0.25, -0.2) is 0 Å². The Morgan fingerprint density at radius 2 is 2.09 bits per heavy atom. The van der Waals surface area contributed by atoms with Gasteiger partial charge in [-0.2, -0.15) is 0 Å². The topological polar surface area (TPSA) is 71.0 Å². The van der Waals surface area contributed by atoms with E-state index in [0.29, 0.717) is 5.69 Å². The molecule has 4 heteroatoms. The highest BCUT2D eigenvalue weighted by Crippen LogP contribution is 2.17. The van der Waals surface area contributed by atoms with Crippen molar-refractivity contribution < 1.29 is 5.11 Å². The highest BCUT2D eigenvalue weighted by Gasteiger charge is 1.96. The van der Waals surface area contributed by atoms with Gasteiger partial charge in [-0.15, -0.1) is 5.11 Å². The number of aliphatic hydroxyl groups excluding tert-OH is 1. The molecule has 0 spiro atoms. The Bertz CT molecular complexity index is 260. The van der Waals surface area contributed by atoms with Gasteiger partial charge in [-0.3, -0.25) is 0 Å². The number of nitrogens with two attached hydrogens (primary N) is 1. The van der Waals surface area contributed by atoms with Crippen molar-refractivity contribution in [1.29, 1.82) is 0 Å². The molecule has 0 radical (unpaired) electrons. The number of benzene rings is 1. The van der Waals surface area contributed by atoms with E-state index in [0.717, 1.165) is 5.56 Å². The van der Waals surface area contributed by atoms with E-state index in [9.17, 15) is 0 Å². The molecule has 0 heterocycles. The van der Waals surface area contributed by atoms with Crippen LogP contribution < -0.4 is 5.84 Å². The van der Waals surface area contributed by atoms with E-state index in [1.807, 2.05) is 12.1 Å². The van der Waals surface area contributed by atoms with Crippen LogP contribution in [0.4, 0.5) is 5.69 Å². The van der Waals surface area contributed by atoms with Crippen LogP contribution in [0.5, 0.6) is 0 Å². The molecule has 0 aliphatic carbocycles. The molecule has 1 rings (SSSR count). The molecule has 0 unspecified atom stereocenters. The van der Waals surface area contributed by atoms with Crippen molar-refractivity contribution in [3.05, 3.63) is 29.8 Å². The van der Waals surface area contributed by atoms with Gasteiger partial charge >= 0.3 is 0 Å². The van der Waals surface area contributed by atoms with Gasteiger partial charge in [0.2, 0.25) is 0 Å². The average molecular weight is 151 g/mol. The van der Waals surface area contributed by atoms with Crippen molar-refractivity contribution >= 4 is 5.69 Å². The van der Waals surface area contributed by atoms with Crippen molar-refractivity contribution in [1.82, 2.24) is 0 Å². The fourth-order valence-electron chi connectivity index (χ4n) is 0.804. The highest BCUT2D eigenvalue weighted by molar-refractivity contribution is 5.44. The Balaban J connectivity index is 3.02. The fourth-order valence-corrected chi connectivity index (χ4v) is 0.804. The van der Waals surface area contributed by atoms with Crippen LogP contribution in [0.15, 0.2) is 34.6 Å². The molecule has 11 heavy (non-hydrogen) atoms. The third-order valence-corrected chi connectivity index (χ3v) is 1.33. The van der Waals surface area contributed by atoms with E-state index in [4.69, 9.17) is 10.9 Å². The second-order valence-electron chi connectivity index (χ2n) is 2.00. The van der Waals surface area contributed by atoms with Crippen LogP contribution in [0.1, 0.15) is 5.56 Å². The fraction of sp³-hybridized carbons (Fsp3) is 0.143. The quantitative estimate of drug-likeness (QED) is 0.378. The van der Waals surface area contributed by atoms with Gasteiger partial charge in [-0.05, 0) is 6.07 Å². The lowest BCUT2D eigenvalue weighted by Gasteiger charge is -1.97. The Labute approximate surface area is 64.3 Å². The van der Waals surface area contributed by atoms with Crippen molar-refractivity contribution in [2.45, 2.75) is 6.61 Å². The summed E-state index contributed by atoms with van der Waals surface area (Å²) in [5, 5.41) is 15.6. The third kappa shape index (κ3) is 1.75. The predicted molar refractivity (Wildman–Crippen MR) is 41.1 cm³/mol. The average Bonchev–Trinajstić information content (AvgIpc) is 2.06. The number of nitrogens with zero attached hydrogens (tertiary/aromatic N) is 2. The van der Waals surface area contributed by atoms with E-state index >= 15 is 0 Å². The largest absolute Gasteiger partial charge is 0.392 e. The van der Waals surface area contributed by atoms with Crippen molar-refractivity contribution in [2.24, 2.45) is 16.2 Å². The molecule has 0 bridgehead atoms. The maximum atomic E-state index is 8.80. The Morgan fingerprint density at radius 3 is 2.73 bits per heavy atom. The van der Waals surface area contributed by atoms with Crippen molar-refractivity contribution in [2.75, 3.05) is 0 Å². The predicted octanol–water partition coefficient (Wildman–Crippen LogP) is 1.14. The van der Waals surface area contributed by atoms with E-state index in [2.05, 4.69) is 10.3 Å². The van der Waals surface area contributed by atoms with Gasteiger partial charge in [0, 0.05) is 5.56 Å². The highest BCUT2D eigenvalue weighted by atomic mass is 16.3. The molecule has 4 nitrogen and oxygen atoms in total. The maximum absolute atomic E-state index is 8.80. The molecule has 0 saturated heterocycles. The van der Waals surface area contributed by atoms with Gasteiger partial charge in [0.25, 0.3) is 0 Å². The number of aliphatic hydroxyl groups is 1. The van der Waals surface area contributed by atoms with E-state index in [1.54, 1.807) is 12.1 Å². The summed E-state index contributed by atoms with van der Waals surface area (Å²) in [6.07, 6.45) is 0. The standard InChI is InChI=1S/C7H9N3O/c8-10-9-7-4-2-1-3-6(7)5-11/h1-4,11H,5H2,(H2,8,9). The molecule has 0 aliphatic heterocycles. The van der Waals surface area contributed by atoms with Crippen LogP contribution in [0.2, 0.25) is 0 Å². The minimum Gasteiger partial charge on any atom is -0.392 e. The first-order chi connectivity index (χ1) is 5.38. The van der Waals surface area contributed by atoms with E-state index in [-0.39, 0.29) is 6.61 Å². The summed E-state index contributed by atoms with van der Waals surface area (Å²) in [6.45, 7) is -0.0464. The minimum atomic E-state index is -0.0464. The van der Waals surface area contributed by atoms with Gasteiger partial charge < -0.3 is 10.9 Å². The molecule has 58 valence electrons. The second kappa shape index (κ2) is 3.68. The summed E-state index contributed by atoms with van der Waals surface area (Å²) in [5.41, 5.74) is 1.33. The Morgan fingerprint density at radius 1 is 1.36 bits per heavy atom. The lowest BCUT2D eigenvalue weighted by molar-refractivity contribution is 0.282. The van der Waals surface area contributed by atoms with Crippen LogP contribution in [-0.2, 0) is 6.61 Å². The first-order valence-corrected chi connectivity index (χ1v) is 3.18. The van der Waals surface area contributed by atoms with Crippen LogP contribution >= 0.6 is 0 Å². The zero-order valence-corrected chi connectivity index (χ0v) is 5.94. The second-order valence-corrected chi connectivity index (χ2v) is 2.00. The molecule has 0 atom stereocenters. The first kappa shape index (κ1) is 7.68. The third-order valence-electron chi connectivity index (χ3n) is 1.33. The normalized spacial score (nSPS) is 10.6. The van der Waals surface area contributed by atoms with Crippen molar-refractivity contribution in [3.63, 3.8) is 0 Å². The summed E-state index contributed by atoms with van der Waals surface area (Å²) < 4.78 is 0. The summed E-state index contributed by atoms with van der Waals surface area (Å²) >= 11 is 0. The Hall–Kier alpha value is -1.42. The molecule has 0 aliphatic rings. The molecule has 1 aromatic carbocycles. The first-order valence-electron chi connectivity index (χ1n) is 3.18. The zero-order valence-electron chi connectivity index (χ0n) is 5.94. The number of hydrogen-bond donors (Lipinski definition) is 2. The molecule has 0 saturated carbocycles. The van der Waals surface area contributed by atoms with Crippen LogP contribution in [0, 0.1) is 0 Å². The molecule has 0 amide bonds. The summed E-state index contributed by atoms with van der Waals surface area (Å²) in [7, 11) is 0. The summed E-state index contributed by atoms with van der Waals surface area (Å²) in [4.78, 5) is 0.